The van der Waals surface area contributed by atoms with E-state index >= 15 is 0 Å². The highest BCUT2D eigenvalue weighted by Crippen LogP contribution is 2.27. The molecule has 3 aromatic heterocycles. The number of nitrogens with zero attached hydrogens (tertiary/aromatic N) is 4. The first kappa shape index (κ1) is 17.9. The van der Waals surface area contributed by atoms with E-state index < -0.39 is 0 Å². The summed E-state index contributed by atoms with van der Waals surface area (Å²) in [6, 6.07) is 19.5. The number of aromatic nitrogens is 4. The normalized spacial score (nSPS) is 11.0. The van der Waals surface area contributed by atoms with E-state index in [4.69, 9.17) is 4.42 Å². The smallest absolute Gasteiger partial charge is 0.227 e. The van der Waals surface area contributed by atoms with E-state index in [1.807, 2.05) is 42.5 Å². The summed E-state index contributed by atoms with van der Waals surface area (Å²) in [5, 5.41) is 11.7. The standard InChI is InChI=1S/C22H17FN6O/c23-15-8-10-16(11-9-15)26-20-19-14-25-29(17-5-2-1-3-6-17)21(19)28-22(27-20)24-13-18-7-4-12-30-18/h1-12,14H,13H2,(H2,24,26,27,28). The monoisotopic (exact) mass is 400 g/mol. The van der Waals surface area contributed by atoms with Crippen LogP contribution in [0.15, 0.2) is 83.6 Å². The Labute approximate surface area is 171 Å². The Hall–Kier alpha value is -4.20. The van der Waals surface area contributed by atoms with Gasteiger partial charge in [0.15, 0.2) is 5.65 Å². The number of halogens is 1. The molecule has 8 heteroatoms. The lowest BCUT2D eigenvalue weighted by atomic mass is 10.3. The maximum absolute atomic E-state index is 13.3. The topological polar surface area (TPSA) is 80.8 Å². The van der Waals surface area contributed by atoms with Gasteiger partial charge >= 0.3 is 0 Å². The fourth-order valence-corrected chi connectivity index (χ4v) is 3.09. The third-order valence-electron chi connectivity index (χ3n) is 4.54. The van der Waals surface area contributed by atoms with Gasteiger partial charge < -0.3 is 15.1 Å². The van der Waals surface area contributed by atoms with Crippen LogP contribution >= 0.6 is 0 Å². The van der Waals surface area contributed by atoms with Gasteiger partial charge in [-0.3, -0.25) is 0 Å². The van der Waals surface area contributed by atoms with Crippen LogP contribution in [0.3, 0.4) is 0 Å². The number of hydrogen-bond acceptors (Lipinski definition) is 6. The van der Waals surface area contributed by atoms with Crippen molar-refractivity contribution in [2.75, 3.05) is 10.6 Å². The van der Waals surface area contributed by atoms with Crippen molar-refractivity contribution in [1.29, 1.82) is 0 Å². The number of furan rings is 1. The van der Waals surface area contributed by atoms with Gasteiger partial charge in [-0.15, -0.1) is 0 Å². The van der Waals surface area contributed by atoms with Crippen molar-refractivity contribution in [2.24, 2.45) is 0 Å². The molecule has 0 aliphatic carbocycles. The van der Waals surface area contributed by atoms with Crippen molar-refractivity contribution in [2.45, 2.75) is 6.54 Å². The highest BCUT2D eigenvalue weighted by atomic mass is 19.1. The lowest BCUT2D eigenvalue weighted by Crippen LogP contribution is -2.07. The lowest BCUT2D eigenvalue weighted by Gasteiger charge is -2.10. The van der Waals surface area contributed by atoms with Crippen LogP contribution in [0.2, 0.25) is 0 Å². The second-order valence-corrected chi connectivity index (χ2v) is 6.59. The molecule has 0 spiro atoms. The van der Waals surface area contributed by atoms with Gasteiger partial charge in [0.1, 0.15) is 17.4 Å². The summed E-state index contributed by atoms with van der Waals surface area (Å²) in [6.45, 7) is 0.438. The summed E-state index contributed by atoms with van der Waals surface area (Å²) in [7, 11) is 0. The van der Waals surface area contributed by atoms with Gasteiger partial charge in [0, 0.05) is 5.69 Å². The number of rotatable bonds is 6. The first-order valence-electron chi connectivity index (χ1n) is 9.36. The molecule has 0 amide bonds. The van der Waals surface area contributed by atoms with E-state index in [2.05, 4.69) is 25.7 Å². The highest BCUT2D eigenvalue weighted by molar-refractivity contribution is 5.90. The molecule has 3 heterocycles. The van der Waals surface area contributed by atoms with E-state index in [1.165, 1.54) is 12.1 Å². The van der Waals surface area contributed by atoms with Crippen molar-refractivity contribution in [1.82, 2.24) is 19.7 Å². The molecule has 5 rings (SSSR count). The third kappa shape index (κ3) is 3.58. The second kappa shape index (κ2) is 7.67. The van der Waals surface area contributed by atoms with Gasteiger partial charge in [0.25, 0.3) is 0 Å². The molecule has 0 bridgehead atoms. The van der Waals surface area contributed by atoms with E-state index in [0.29, 0.717) is 29.6 Å². The molecule has 148 valence electrons. The summed E-state index contributed by atoms with van der Waals surface area (Å²) in [6.07, 6.45) is 3.33. The van der Waals surface area contributed by atoms with Gasteiger partial charge in [0.2, 0.25) is 5.95 Å². The first-order chi connectivity index (χ1) is 14.8. The van der Waals surface area contributed by atoms with Gasteiger partial charge in [0.05, 0.1) is 30.1 Å². The predicted molar refractivity (Wildman–Crippen MR) is 112 cm³/mol. The zero-order valence-corrected chi connectivity index (χ0v) is 15.8. The Morgan fingerprint density at radius 1 is 0.933 bits per heavy atom. The number of fused-ring (bicyclic) bond motifs is 1. The molecule has 0 atom stereocenters. The molecule has 7 nitrogen and oxygen atoms in total. The Bertz CT molecular complexity index is 1270. The van der Waals surface area contributed by atoms with Crippen LogP contribution in [0.4, 0.5) is 21.8 Å². The van der Waals surface area contributed by atoms with E-state index in [-0.39, 0.29) is 5.82 Å². The minimum absolute atomic E-state index is 0.300. The molecule has 0 radical (unpaired) electrons. The Morgan fingerprint density at radius 2 is 1.77 bits per heavy atom. The molecule has 30 heavy (non-hydrogen) atoms. The van der Waals surface area contributed by atoms with Gasteiger partial charge in [-0.25, -0.2) is 9.07 Å². The molecule has 0 saturated carbocycles. The van der Waals surface area contributed by atoms with Crippen molar-refractivity contribution >= 4 is 28.5 Å². The summed E-state index contributed by atoms with van der Waals surface area (Å²) in [5.74, 6) is 1.45. The van der Waals surface area contributed by atoms with Crippen LogP contribution in [0.25, 0.3) is 16.7 Å². The molecular formula is C22H17FN6O. The Balaban J connectivity index is 1.57. The molecule has 0 aliphatic rings. The summed E-state index contributed by atoms with van der Waals surface area (Å²) in [5.41, 5.74) is 2.24. The average Bonchev–Trinajstić information content (AvgIpc) is 3.44. The van der Waals surface area contributed by atoms with Crippen LogP contribution < -0.4 is 10.6 Å². The van der Waals surface area contributed by atoms with Gasteiger partial charge in [-0.2, -0.15) is 15.1 Å². The van der Waals surface area contributed by atoms with Gasteiger partial charge in [-0.05, 0) is 48.5 Å². The van der Waals surface area contributed by atoms with Crippen LogP contribution in [-0.2, 0) is 6.54 Å². The van der Waals surface area contributed by atoms with Crippen LogP contribution in [0, 0.1) is 5.82 Å². The molecule has 2 N–H and O–H groups in total. The number of hydrogen-bond donors (Lipinski definition) is 2. The van der Waals surface area contributed by atoms with Crippen LogP contribution in [0.5, 0.6) is 0 Å². The fourth-order valence-electron chi connectivity index (χ4n) is 3.09. The predicted octanol–water partition coefficient (Wildman–Crippen LogP) is 4.90. The minimum Gasteiger partial charge on any atom is -0.467 e. The number of para-hydroxylation sites is 1. The number of nitrogens with one attached hydrogen (secondary N) is 2. The summed E-state index contributed by atoms with van der Waals surface area (Å²) < 4.78 is 20.4. The minimum atomic E-state index is -0.300. The molecule has 0 unspecified atom stereocenters. The molecule has 0 aliphatic heterocycles. The second-order valence-electron chi connectivity index (χ2n) is 6.59. The third-order valence-corrected chi connectivity index (χ3v) is 4.54. The molecule has 5 aromatic rings. The zero-order valence-electron chi connectivity index (χ0n) is 15.8. The highest BCUT2D eigenvalue weighted by Gasteiger charge is 2.15. The maximum atomic E-state index is 13.3. The number of anilines is 3. The maximum Gasteiger partial charge on any atom is 0.227 e. The Kier molecular flexibility index (Phi) is 4.57. The molecular weight excluding hydrogens is 383 g/mol. The van der Waals surface area contributed by atoms with Crippen LogP contribution in [0.1, 0.15) is 5.76 Å². The van der Waals surface area contributed by atoms with Crippen molar-refractivity contribution in [3.8, 4) is 5.69 Å². The first-order valence-corrected chi connectivity index (χ1v) is 9.36. The molecule has 0 fully saturated rings. The largest absolute Gasteiger partial charge is 0.467 e. The quantitative estimate of drug-likeness (QED) is 0.422. The summed E-state index contributed by atoms with van der Waals surface area (Å²) >= 11 is 0. The van der Waals surface area contributed by atoms with E-state index in [1.54, 1.807) is 29.3 Å². The number of benzene rings is 2. The average molecular weight is 400 g/mol. The van der Waals surface area contributed by atoms with Crippen molar-refractivity contribution in [3.63, 3.8) is 0 Å². The summed E-state index contributed by atoms with van der Waals surface area (Å²) in [4.78, 5) is 9.27. The van der Waals surface area contributed by atoms with E-state index in [9.17, 15) is 4.39 Å². The van der Waals surface area contributed by atoms with Crippen LogP contribution in [-0.4, -0.2) is 19.7 Å². The molecule has 2 aromatic carbocycles. The molecule has 0 saturated heterocycles. The zero-order chi connectivity index (χ0) is 20.3. The lowest BCUT2D eigenvalue weighted by molar-refractivity contribution is 0.517. The Morgan fingerprint density at radius 3 is 2.53 bits per heavy atom. The van der Waals surface area contributed by atoms with Crippen molar-refractivity contribution < 1.29 is 8.81 Å². The van der Waals surface area contributed by atoms with E-state index in [0.717, 1.165) is 16.8 Å². The SMILES string of the molecule is Fc1ccc(Nc2nc(NCc3ccco3)nc3c2cnn3-c2ccccc2)cc1. The van der Waals surface area contributed by atoms with Crippen molar-refractivity contribution in [3.05, 3.63) is 90.8 Å². The van der Waals surface area contributed by atoms with Gasteiger partial charge in [-0.1, -0.05) is 18.2 Å². The fraction of sp³-hybridized carbons (Fsp3) is 0.0455.